The van der Waals surface area contributed by atoms with Crippen LogP contribution in [0.4, 0.5) is 5.13 Å². The Hall–Kier alpha value is -1.27. The number of nitrogens with zero attached hydrogens (tertiary/aromatic N) is 2. The van der Waals surface area contributed by atoms with Crippen molar-refractivity contribution in [3.05, 3.63) is 26.4 Å². The highest BCUT2D eigenvalue weighted by molar-refractivity contribution is 7.15. The molecule has 0 saturated heterocycles. The summed E-state index contributed by atoms with van der Waals surface area (Å²) in [5.74, 6) is -0.0793. The van der Waals surface area contributed by atoms with E-state index >= 15 is 0 Å². The summed E-state index contributed by atoms with van der Waals surface area (Å²) in [5, 5.41) is 14.5. The highest BCUT2D eigenvalue weighted by Crippen LogP contribution is 2.24. The molecule has 1 amide bonds. The van der Waals surface area contributed by atoms with Crippen molar-refractivity contribution in [1.82, 2.24) is 10.2 Å². The number of carbonyl (C=O) groups is 1. The van der Waals surface area contributed by atoms with Crippen molar-refractivity contribution in [2.24, 2.45) is 0 Å². The van der Waals surface area contributed by atoms with Gasteiger partial charge in [-0.1, -0.05) is 31.6 Å². The Morgan fingerprint density at radius 3 is 2.85 bits per heavy atom. The first-order valence-corrected chi connectivity index (χ1v) is 8.56. The third kappa shape index (κ3) is 3.43. The van der Waals surface area contributed by atoms with Crippen LogP contribution in [0.3, 0.4) is 0 Å². The van der Waals surface area contributed by atoms with Gasteiger partial charge in [0, 0.05) is 16.7 Å². The molecule has 0 aliphatic rings. The minimum atomic E-state index is -0.0793. The molecule has 2 aromatic rings. The Kier molecular flexibility index (Phi) is 5.25. The zero-order chi connectivity index (χ0) is 14.5. The van der Waals surface area contributed by atoms with Crippen molar-refractivity contribution in [3.63, 3.8) is 0 Å². The molecule has 0 radical (unpaired) electrons. The summed E-state index contributed by atoms with van der Waals surface area (Å²) >= 11 is 3.08. The number of carbonyl (C=O) groups excluding carboxylic acids is 1. The molecule has 0 aliphatic heterocycles. The van der Waals surface area contributed by atoms with Gasteiger partial charge in [0.1, 0.15) is 5.01 Å². The molecule has 0 atom stereocenters. The zero-order valence-electron chi connectivity index (χ0n) is 12.0. The maximum Gasteiger partial charge on any atom is 0.258 e. The number of hydrogen-bond donors (Lipinski definition) is 1. The molecule has 0 aromatic carbocycles. The van der Waals surface area contributed by atoms with E-state index in [-0.39, 0.29) is 5.91 Å². The van der Waals surface area contributed by atoms with Crippen LogP contribution in [-0.4, -0.2) is 16.1 Å². The maximum absolute atomic E-state index is 12.3. The normalized spacial score (nSPS) is 10.8. The lowest BCUT2D eigenvalue weighted by molar-refractivity contribution is 0.102. The maximum atomic E-state index is 12.3. The molecule has 0 spiro atoms. The van der Waals surface area contributed by atoms with Crippen LogP contribution < -0.4 is 5.32 Å². The molecule has 6 heteroatoms. The lowest BCUT2D eigenvalue weighted by atomic mass is 10.1. The van der Waals surface area contributed by atoms with Gasteiger partial charge in [-0.25, -0.2) is 0 Å². The first-order chi connectivity index (χ1) is 9.65. The Morgan fingerprint density at radius 1 is 1.35 bits per heavy atom. The Morgan fingerprint density at radius 2 is 2.15 bits per heavy atom. The fourth-order valence-corrected chi connectivity index (χ4v) is 3.72. The van der Waals surface area contributed by atoms with E-state index in [1.54, 1.807) is 11.3 Å². The number of aryl methyl sites for hydroxylation is 2. The van der Waals surface area contributed by atoms with Crippen LogP contribution in [0, 0.1) is 6.92 Å². The number of rotatable bonds is 6. The fourth-order valence-electron chi connectivity index (χ4n) is 2.01. The summed E-state index contributed by atoms with van der Waals surface area (Å²) < 4.78 is 0. The Balaban J connectivity index is 2.05. The van der Waals surface area contributed by atoms with Gasteiger partial charge in [0.15, 0.2) is 0 Å². The highest BCUT2D eigenvalue weighted by Gasteiger charge is 2.16. The number of hydrogen-bond acceptors (Lipinski definition) is 5. The number of amides is 1. The van der Waals surface area contributed by atoms with Crippen LogP contribution in [0.25, 0.3) is 0 Å². The molecule has 0 unspecified atom stereocenters. The topological polar surface area (TPSA) is 54.9 Å². The Labute approximate surface area is 127 Å². The van der Waals surface area contributed by atoms with Gasteiger partial charge in [0.25, 0.3) is 5.91 Å². The number of thiophene rings is 1. The van der Waals surface area contributed by atoms with Gasteiger partial charge in [-0.3, -0.25) is 10.1 Å². The van der Waals surface area contributed by atoms with Crippen molar-refractivity contribution in [1.29, 1.82) is 0 Å². The van der Waals surface area contributed by atoms with Crippen molar-refractivity contribution < 1.29 is 4.79 Å². The second kappa shape index (κ2) is 6.95. The van der Waals surface area contributed by atoms with E-state index < -0.39 is 0 Å². The predicted molar refractivity (Wildman–Crippen MR) is 84.9 cm³/mol. The summed E-state index contributed by atoms with van der Waals surface area (Å²) in [6.45, 7) is 6.27. The van der Waals surface area contributed by atoms with Crippen LogP contribution in [0.1, 0.15) is 52.5 Å². The molecule has 0 bridgehead atoms. The summed E-state index contributed by atoms with van der Waals surface area (Å²) in [5.41, 5.74) is 1.89. The second-order valence-electron chi connectivity index (χ2n) is 4.60. The zero-order valence-corrected chi connectivity index (χ0v) is 13.7. The fraction of sp³-hybridized carbons (Fsp3) is 0.500. The molecular formula is C14H19N3OS2. The van der Waals surface area contributed by atoms with E-state index in [2.05, 4.69) is 29.4 Å². The summed E-state index contributed by atoms with van der Waals surface area (Å²) in [6.07, 6.45) is 4.04. The average molecular weight is 309 g/mol. The quantitative estimate of drug-likeness (QED) is 0.875. The number of aromatic nitrogens is 2. The van der Waals surface area contributed by atoms with Crippen molar-refractivity contribution in [2.45, 2.75) is 46.5 Å². The summed E-state index contributed by atoms with van der Waals surface area (Å²) in [7, 11) is 0. The molecule has 2 rings (SSSR count). The minimum Gasteiger partial charge on any atom is -0.296 e. The van der Waals surface area contributed by atoms with Gasteiger partial charge in [0.05, 0.1) is 5.56 Å². The van der Waals surface area contributed by atoms with Crippen LogP contribution >= 0.6 is 22.7 Å². The van der Waals surface area contributed by atoms with Crippen LogP contribution in [0.5, 0.6) is 0 Å². The second-order valence-corrected chi connectivity index (χ2v) is 6.74. The minimum absolute atomic E-state index is 0.0793. The van der Waals surface area contributed by atoms with Gasteiger partial charge in [-0.05, 0) is 25.3 Å². The van der Waals surface area contributed by atoms with Crippen LogP contribution in [0.15, 0.2) is 5.38 Å². The average Bonchev–Trinajstić information content (AvgIpc) is 3.02. The van der Waals surface area contributed by atoms with Crippen LogP contribution in [0.2, 0.25) is 0 Å². The van der Waals surface area contributed by atoms with Gasteiger partial charge < -0.3 is 0 Å². The van der Waals surface area contributed by atoms with Crippen molar-refractivity contribution in [2.75, 3.05) is 5.32 Å². The third-order valence-corrected chi connectivity index (χ3v) is 4.99. The molecule has 108 valence electrons. The monoisotopic (exact) mass is 309 g/mol. The lowest BCUT2D eigenvalue weighted by Gasteiger charge is -2.02. The smallest absolute Gasteiger partial charge is 0.258 e. The first kappa shape index (κ1) is 15.1. The van der Waals surface area contributed by atoms with E-state index in [9.17, 15) is 4.79 Å². The molecule has 0 fully saturated rings. The molecular weight excluding hydrogens is 290 g/mol. The first-order valence-electron chi connectivity index (χ1n) is 6.86. The highest BCUT2D eigenvalue weighted by atomic mass is 32.1. The van der Waals surface area contributed by atoms with Gasteiger partial charge in [0.2, 0.25) is 5.13 Å². The van der Waals surface area contributed by atoms with Crippen molar-refractivity contribution in [3.8, 4) is 0 Å². The summed E-state index contributed by atoms with van der Waals surface area (Å²) in [4.78, 5) is 13.5. The number of nitrogens with one attached hydrogen (secondary N) is 1. The predicted octanol–water partition coefficient (Wildman–Crippen LogP) is 4.07. The number of anilines is 1. The lowest BCUT2D eigenvalue weighted by Crippen LogP contribution is -2.12. The van der Waals surface area contributed by atoms with E-state index in [1.165, 1.54) is 16.2 Å². The van der Waals surface area contributed by atoms with Gasteiger partial charge in [-0.2, -0.15) is 0 Å². The van der Waals surface area contributed by atoms with Gasteiger partial charge in [-0.15, -0.1) is 21.5 Å². The van der Waals surface area contributed by atoms with E-state index in [1.807, 2.05) is 12.3 Å². The standard InChI is InChI=1S/C14H19N3OS2/c1-4-6-7-12-16-17-14(20-12)15-13(18)11-8-19-9(3)10(11)5-2/h8H,4-7H2,1-3H3,(H,15,17,18). The SMILES string of the molecule is CCCCc1nnc(NC(=O)c2csc(C)c2CC)s1. The molecule has 2 aromatic heterocycles. The van der Waals surface area contributed by atoms with Crippen molar-refractivity contribution >= 4 is 33.7 Å². The number of unbranched alkanes of at least 4 members (excludes halogenated alkanes) is 1. The molecule has 0 aliphatic carbocycles. The molecule has 4 nitrogen and oxygen atoms in total. The largest absolute Gasteiger partial charge is 0.296 e. The third-order valence-electron chi connectivity index (χ3n) is 3.13. The molecule has 0 saturated carbocycles. The summed E-state index contributed by atoms with van der Waals surface area (Å²) in [6, 6.07) is 0. The Bertz CT molecular complexity index is 589. The van der Waals surface area contributed by atoms with E-state index in [0.717, 1.165) is 41.8 Å². The van der Waals surface area contributed by atoms with E-state index in [0.29, 0.717) is 5.13 Å². The van der Waals surface area contributed by atoms with Crippen LogP contribution in [-0.2, 0) is 12.8 Å². The molecule has 20 heavy (non-hydrogen) atoms. The molecule has 2 heterocycles. The van der Waals surface area contributed by atoms with Gasteiger partial charge >= 0.3 is 0 Å². The molecule has 1 N–H and O–H groups in total. The van der Waals surface area contributed by atoms with E-state index in [4.69, 9.17) is 0 Å².